The van der Waals surface area contributed by atoms with Gasteiger partial charge in [0.15, 0.2) is 5.11 Å². The van der Waals surface area contributed by atoms with Gasteiger partial charge in [0.1, 0.15) is 18.1 Å². The Morgan fingerprint density at radius 2 is 1.90 bits per heavy atom. The third-order valence-corrected chi connectivity index (χ3v) is 4.15. The summed E-state index contributed by atoms with van der Waals surface area (Å²) in [5, 5.41) is 5.91. The van der Waals surface area contributed by atoms with Crippen molar-refractivity contribution < 1.29 is 14.3 Å². The van der Waals surface area contributed by atoms with Crippen LogP contribution in [0.15, 0.2) is 60.7 Å². The molecule has 0 aliphatic rings. The van der Waals surface area contributed by atoms with Crippen LogP contribution in [0.2, 0.25) is 0 Å². The smallest absolute Gasteiger partial charge is 0.261 e. The van der Waals surface area contributed by atoms with Gasteiger partial charge in [-0.1, -0.05) is 44.5 Å². The zero-order valence-electron chi connectivity index (χ0n) is 17.0. The highest BCUT2D eigenvalue weighted by Crippen LogP contribution is 2.20. The second-order valence-electron chi connectivity index (χ2n) is 6.73. The fourth-order valence-corrected chi connectivity index (χ4v) is 2.73. The second kappa shape index (κ2) is 11.9. The molecule has 0 atom stereocenters. The van der Waals surface area contributed by atoms with Crippen molar-refractivity contribution in [3.8, 4) is 11.5 Å². The number of nitrogens with one attached hydrogen (secondary N) is 2. The van der Waals surface area contributed by atoms with Gasteiger partial charge in [0, 0.05) is 11.8 Å². The molecule has 0 saturated carbocycles. The fraction of sp³-hybridized carbons (Fsp3) is 0.304. The first-order chi connectivity index (χ1) is 14.0. The summed E-state index contributed by atoms with van der Waals surface area (Å²) in [5.41, 5.74) is 2.10. The predicted molar refractivity (Wildman–Crippen MR) is 122 cm³/mol. The topological polar surface area (TPSA) is 59.6 Å². The van der Waals surface area contributed by atoms with E-state index in [9.17, 15) is 4.79 Å². The number of unbranched alkanes of at least 4 members (excludes halogenated alkanes) is 2. The maximum atomic E-state index is 12.6. The minimum atomic E-state index is -0.316. The predicted octanol–water partition coefficient (Wildman–Crippen LogP) is 5.34. The van der Waals surface area contributed by atoms with E-state index in [1.54, 1.807) is 18.2 Å². The van der Waals surface area contributed by atoms with Gasteiger partial charge in [-0.2, -0.15) is 0 Å². The number of anilines is 1. The Morgan fingerprint density at radius 1 is 1.10 bits per heavy atom. The van der Waals surface area contributed by atoms with Crippen molar-refractivity contribution in [3.63, 3.8) is 0 Å². The SMILES string of the molecule is C=C(C)COc1cccc(NC(=S)NC(=O)c2ccccc2OCCCCC)c1. The summed E-state index contributed by atoms with van der Waals surface area (Å²) in [6.45, 7) is 8.88. The summed E-state index contributed by atoms with van der Waals surface area (Å²) in [6.07, 6.45) is 3.17. The third kappa shape index (κ3) is 7.95. The third-order valence-electron chi connectivity index (χ3n) is 3.94. The molecule has 2 aromatic rings. The highest BCUT2D eigenvalue weighted by atomic mass is 32.1. The minimum Gasteiger partial charge on any atom is -0.493 e. The molecule has 0 aliphatic carbocycles. The van der Waals surface area contributed by atoms with E-state index in [2.05, 4.69) is 24.1 Å². The van der Waals surface area contributed by atoms with Crippen LogP contribution in [0.25, 0.3) is 0 Å². The Hall–Kier alpha value is -2.86. The van der Waals surface area contributed by atoms with Crippen molar-refractivity contribution in [1.29, 1.82) is 0 Å². The monoisotopic (exact) mass is 412 g/mol. The van der Waals surface area contributed by atoms with E-state index in [1.165, 1.54) is 0 Å². The molecule has 0 spiro atoms. The van der Waals surface area contributed by atoms with Crippen LogP contribution in [0.1, 0.15) is 43.5 Å². The average Bonchev–Trinajstić information content (AvgIpc) is 2.70. The molecule has 154 valence electrons. The van der Waals surface area contributed by atoms with Crippen molar-refractivity contribution in [2.75, 3.05) is 18.5 Å². The number of thiocarbonyl (C=S) groups is 1. The van der Waals surface area contributed by atoms with Crippen LogP contribution in [-0.4, -0.2) is 24.2 Å². The highest BCUT2D eigenvalue weighted by molar-refractivity contribution is 7.80. The van der Waals surface area contributed by atoms with Crippen molar-refractivity contribution in [2.24, 2.45) is 0 Å². The summed E-state index contributed by atoms with van der Waals surface area (Å²) in [5.74, 6) is 0.931. The molecular formula is C23H28N2O3S. The van der Waals surface area contributed by atoms with E-state index in [4.69, 9.17) is 21.7 Å². The van der Waals surface area contributed by atoms with Crippen LogP contribution in [0.4, 0.5) is 5.69 Å². The number of hydrogen-bond acceptors (Lipinski definition) is 4. The summed E-state index contributed by atoms with van der Waals surface area (Å²) < 4.78 is 11.4. The first kappa shape index (κ1) is 22.4. The lowest BCUT2D eigenvalue weighted by Gasteiger charge is -2.13. The van der Waals surface area contributed by atoms with Crippen LogP contribution in [0.5, 0.6) is 11.5 Å². The molecule has 0 fully saturated rings. The molecular weight excluding hydrogens is 384 g/mol. The molecule has 2 N–H and O–H groups in total. The lowest BCUT2D eigenvalue weighted by molar-refractivity contribution is 0.0973. The van der Waals surface area contributed by atoms with Gasteiger partial charge < -0.3 is 14.8 Å². The first-order valence-electron chi connectivity index (χ1n) is 9.71. The van der Waals surface area contributed by atoms with Gasteiger partial charge >= 0.3 is 0 Å². The van der Waals surface area contributed by atoms with Gasteiger partial charge in [-0.3, -0.25) is 10.1 Å². The maximum absolute atomic E-state index is 12.6. The highest BCUT2D eigenvalue weighted by Gasteiger charge is 2.13. The number of carbonyl (C=O) groups is 1. The molecule has 1 amide bonds. The second-order valence-corrected chi connectivity index (χ2v) is 7.14. The van der Waals surface area contributed by atoms with E-state index < -0.39 is 0 Å². The molecule has 2 aromatic carbocycles. The number of benzene rings is 2. The Morgan fingerprint density at radius 3 is 2.66 bits per heavy atom. The molecule has 2 rings (SSSR count). The lowest BCUT2D eigenvalue weighted by atomic mass is 10.2. The Bertz CT molecular complexity index is 852. The Labute approximate surface area is 178 Å². The van der Waals surface area contributed by atoms with E-state index >= 15 is 0 Å². The first-order valence-corrected chi connectivity index (χ1v) is 10.1. The van der Waals surface area contributed by atoms with Crippen molar-refractivity contribution in [2.45, 2.75) is 33.1 Å². The average molecular weight is 413 g/mol. The number of hydrogen-bond donors (Lipinski definition) is 2. The normalized spacial score (nSPS) is 10.1. The van der Waals surface area contributed by atoms with Gasteiger partial charge in [0.2, 0.25) is 0 Å². The molecule has 0 aromatic heterocycles. The zero-order chi connectivity index (χ0) is 21.1. The molecule has 0 unspecified atom stereocenters. The lowest BCUT2D eigenvalue weighted by Crippen LogP contribution is -2.34. The zero-order valence-corrected chi connectivity index (χ0v) is 17.8. The van der Waals surface area contributed by atoms with Crippen molar-refractivity contribution in [3.05, 3.63) is 66.2 Å². The number of para-hydroxylation sites is 1. The maximum Gasteiger partial charge on any atom is 0.261 e. The molecule has 5 nitrogen and oxygen atoms in total. The summed E-state index contributed by atoms with van der Waals surface area (Å²) in [6, 6.07) is 14.5. The molecule has 29 heavy (non-hydrogen) atoms. The molecule has 0 radical (unpaired) electrons. The Balaban J connectivity index is 1.95. The molecule has 0 aliphatic heterocycles. The van der Waals surface area contributed by atoms with E-state index in [1.807, 2.05) is 37.3 Å². The fourth-order valence-electron chi connectivity index (χ4n) is 2.52. The minimum absolute atomic E-state index is 0.202. The van der Waals surface area contributed by atoms with Crippen LogP contribution < -0.4 is 20.1 Å². The summed E-state index contributed by atoms with van der Waals surface area (Å²) >= 11 is 5.29. The molecule has 6 heteroatoms. The standard InChI is InChI=1S/C23H28N2O3S/c1-4-5-8-14-27-21-13-7-6-12-20(21)22(26)25-23(29)24-18-10-9-11-19(15-18)28-16-17(2)3/h6-7,9-13,15H,2,4-5,8,14,16H2,1,3H3,(H2,24,25,26,29). The van der Waals surface area contributed by atoms with Crippen molar-refractivity contribution >= 4 is 28.9 Å². The number of ether oxygens (including phenoxy) is 2. The number of amides is 1. The van der Waals surface area contributed by atoms with E-state index in [0.29, 0.717) is 30.3 Å². The van der Waals surface area contributed by atoms with E-state index in [0.717, 1.165) is 30.5 Å². The number of carbonyl (C=O) groups excluding carboxylic acids is 1. The van der Waals surface area contributed by atoms with Gasteiger partial charge in [-0.15, -0.1) is 0 Å². The van der Waals surface area contributed by atoms with Gasteiger partial charge in [0.05, 0.1) is 12.2 Å². The van der Waals surface area contributed by atoms with Crippen LogP contribution >= 0.6 is 12.2 Å². The van der Waals surface area contributed by atoms with Crippen LogP contribution in [0.3, 0.4) is 0 Å². The summed E-state index contributed by atoms with van der Waals surface area (Å²) in [7, 11) is 0. The van der Waals surface area contributed by atoms with Crippen LogP contribution in [-0.2, 0) is 0 Å². The van der Waals surface area contributed by atoms with Crippen molar-refractivity contribution in [1.82, 2.24) is 5.32 Å². The molecule has 0 saturated heterocycles. The van der Waals surface area contributed by atoms with Gasteiger partial charge in [-0.25, -0.2) is 0 Å². The Kier molecular flexibility index (Phi) is 9.18. The number of rotatable bonds is 10. The molecule has 0 bridgehead atoms. The quantitative estimate of drug-likeness (QED) is 0.313. The molecule has 0 heterocycles. The van der Waals surface area contributed by atoms with Gasteiger partial charge in [0.25, 0.3) is 5.91 Å². The van der Waals surface area contributed by atoms with Gasteiger partial charge in [-0.05, 0) is 55.4 Å². The largest absolute Gasteiger partial charge is 0.493 e. The van der Waals surface area contributed by atoms with Crippen LogP contribution in [0, 0.1) is 0 Å². The van der Waals surface area contributed by atoms with E-state index in [-0.39, 0.29) is 11.0 Å². The summed E-state index contributed by atoms with van der Waals surface area (Å²) in [4.78, 5) is 12.6.